The Morgan fingerprint density at radius 3 is 2.16 bits per heavy atom. The number of fused-ring (bicyclic) bond motifs is 4. The summed E-state index contributed by atoms with van der Waals surface area (Å²) in [5, 5.41) is 2.04. The average molecular weight is 411 g/mol. The number of aromatic nitrogens is 1. The Balaban J connectivity index is 1.43. The lowest BCUT2D eigenvalue weighted by atomic mass is 9.79. The van der Waals surface area contributed by atoms with Gasteiger partial charge in [-0.2, -0.15) is 0 Å². The van der Waals surface area contributed by atoms with Gasteiger partial charge in [0.05, 0.1) is 11.2 Å². The van der Waals surface area contributed by atoms with Gasteiger partial charge < -0.3 is 18.1 Å². The maximum atomic E-state index is 6.19. The maximum Gasteiger partial charge on any atom is 0.494 e. The molecule has 1 saturated heterocycles. The molecule has 0 spiro atoms. The van der Waals surface area contributed by atoms with Crippen LogP contribution < -0.4 is 5.46 Å². The summed E-state index contributed by atoms with van der Waals surface area (Å²) >= 11 is 0. The van der Waals surface area contributed by atoms with Crippen molar-refractivity contribution >= 4 is 45.6 Å². The fourth-order valence-corrected chi connectivity index (χ4v) is 4.04. The van der Waals surface area contributed by atoms with Crippen molar-refractivity contribution < 1.29 is 18.1 Å². The Hall–Kier alpha value is -3.09. The Labute approximate surface area is 180 Å². The van der Waals surface area contributed by atoms with E-state index in [1.165, 1.54) is 0 Å². The van der Waals surface area contributed by atoms with Crippen LogP contribution in [0.4, 0.5) is 0 Å². The predicted molar refractivity (Wildman–Crippen MR) is 122 cm³/mol. The summed E-state index contributed by atoms with van der Waals surface area (Å²) in [6, 6.07) is 19.9. The minimum Gasteiger partial charge on any atom is -0.456 e. The second kappa shape index (κ2) is 6.22. The summed E-state index contributed by atoms with van der Waals surface area (Å²) in [7, 11) is -0.422. The van der Waals surface area contributed by atoms with Crippen molar-refractivity contribution in [2.45, 2.75) is 38.9 Å². The van der Waals surface area contributed by atoms with Gasteiger partial charge in [-0.25, -0.2) is 4.98 Å². The lowest BCUT2D eigenvalue weighted by Crippen LogP contribution is -2.41. The van der Waals surface area contributed by atoms with E-state index in [0.717, 1.165) is 38.5 Å². The number of nitrogens with zero attached hydrogens (tertiary/aromatic N) is 1. The van der Waals surface area contributed by atoms with Crippen LogP contribution in [0.5, 0.6) is 0 Å². The highest BCUT2D eigenvalue weighted by molar-refractivity contribution is 6.62. The van der Waals surface area contributed by atoms with Gasteiger partial charge in [0.25, 0.3) is 0 Å². The van der Waals surface area contributed by atoms with Crippen molar-refractivity contribution in [3.05, 3.63) is 60.7 Å². The highest BCUT2D eigenvalue weighted by Gasteiger charge is 2.51. The van der Waals surface area contributed by atoms with Crippen LogP contribution in [0.3, 0.4) is 0 Å². The molecular formula is C25H22BNO4. The first-order valence-electron chi connectivity index (χ1n) is 10.5. The monoisotopic (exact) mass is 411 g/mol. The molecule has 0 amide bonds. The fourth-order valence-electron chi connectivity index (χ4n) is 4.04. The fraction of sp³-hybridized carbons (Fsp3) is 0.240. The molecule has 2 aromatic heterocycles. The molecule has 5 aromatic rings. The van der Waals surface area contributed by atoms with Gasteiger partial charge in [0.1, 0.15) is 16.7 Å². The minimum atomic E-state index is -0.422. The topological polar surface area (TPSA) is 57.6 Å². The van der Waals surface area contributed by atoms with E-state index in [9.17, 15) is 0 Å². The van der Waals surface area contributed by atoms with E-state index in [2.05, 4.69) is 38.7 Å². The molecule has 0 N–H and O–H groups in total. The van der Waals surface area contributed by atoms with Crippen LogP contribution in [0, 0.1) is 0 Å². The molecule has 0 aliphatic carbocycles. The van der Waals surface area contributed by atoms with Gasteiger partial charge in [-0.3, -0.25) is 0 Å². The molecule has 6 heteroatoms. The van der Waals surface area contributed by atoms with E-state index in [1.807, 2.05) is 54.6 Å². The first-order chi connectivity index (χ1) is 14.8. The Bertz CT molecular complexity index is 1430. The summed E-state index contributed by atoms with van der Waals surface area (Å²) in [4.78, 5) is 4.68. The van der Waals surface area contributed by atoms with Gasteiger partial charge in [0.15, 0.2) is 5.58 Å². The molecule has 3 aromatic carbocycles. The van der Waals surface area contributed by atoms with Crippen LogP contribution >= 0.6 is 0 Å². The Morgan fingerprint density at radius 2 is 1.42 bits per heavy atom. The summed E-state index contributed by atoms with van der Waals surface area (Å²) in [5.41, 5.74) is 4.20. The normalized spacial score (nSPS) is 17.9. The third kappa shape index (κ3) is 2.82. The first-order valence-corrected chi connectivity index (χ1v) is 10.5. The maximum absolute atomic E-state index is 6.19. The smallest absolute Gasteiger partial charge is 0.456 e. The van der Waals surface area contributed by atoms with Crippen LogP contribution in [0.1, 0.15) is 27.7 Å². The van der Waals surface area contributed by atoms with E-state index in [4.69, 9.17) is 18.1 Å². The van der Waals surface area contributed by atoms with E-state index >= 15 is 0 Å². The molecule has 1 aliphatic rings. The van der Waals surface area contributed by atoms with Gasteiger partial charge in [0.2, 0.25) is 5.89 Å². The Kier molecular flexibility index (Phi) is 3.74. The van der Waals surface area contributed by atoms with Crippen molar-refractivity contribution in [3.8, 4) is 11.5 Å². The van der Waals surface area contributed by atoms with Crippen LogP contribution in [-0.2, 0) is 9.31 Å². The lowest BCUT2D eigenvalue weighted by molar-refractivity contribution is 0.00578. The summed E-state index contributed by atoms with van der Waals surface area (Å²) in [6.45, 7) is 8.22. The van der Waals surface area contributed by atoms with E-state index in [0.29, 0.717) is 11.5 Å². The average Bonchev–Trinajstić information content (AvgIpc) is 3.37. The van der Waals surface area contributed by atoms with Crippen molar-refractivity contribution in [2.24, 2.45) is 0 Å². The number of benzene rings is 3. The van der Waals surface area contributed by atoms with Gasteiger partial charge in [-0.05, 0) is 57.4 Å². The SMILES string of the molecule is CC1(C)OB(c2ccc3c(c2)oc2cc4oc(-c5ccccc5)nc4cc23)OC1(C)C. The highest BCUT2D eigenvalue weighted by Crippen LogP contribution is 2.37. The molecule has 0 unspecified atom stereocenters. The van der Waals surface area contributed by atoms with Crippen molar-refractivity contribution in [1.29, 1.82) is 0 Å². The van der Waals surface area contributed by atoms with Crippen LogP contribution in [0.2, 0.25) is 0 Å². The molecule has 0 atom stereocenters. The largest absolute Gasteiger partial charge is 0.494 e. The Morgan fingerprint density at radius 1 is 0.710 bits per heavy atom. The van der Waals surface area contributed by atoms with Crippen LogP contribution in [0.15, 0.2) is 69.5 Å². The van der Waals surface area contributed by atoms with Gasteiger partial charge in [-0.1, -0.05) is 30.3 Å². The van der Waals surface area contributed by atoms with Gasteiger partial charge in [0, 0.05) is 22.4 Å². The zero-order valence-corrected chi connectivity index (χ0v) is 17.9. The van der Waals surface area contributed by atoms with Gasteiger partial charge in [-0.15, -0.1) is 0 Å². The quantitative estimate of drug-likeness (QED) is 0.349. The second-order valence-electron chi connectivity index (χ2n) is 9.15. The second-order valence-corrected chi connectivity index (χ2v) is 9.15. The zero-order chi connectivity index (χ0) is 21.4. The molecule has 1 fully saturated rings. The van der Waals surface area contributed by atoms with E-state index in [1.54, 1.807) is 0 Å². The zero-order valence-electron chi connectivity index (χ0n) is 17.9. The molecule has 6 rings (SSSR count). The van der Waals surface area contributed by atoms with Gasteiger partial charge >= 0.3 is 7.12 Å². The number of rotatable bonds is 2. The molecule has 0 bridgehead atoms. The first kappa shape index (κ1) is 18.7. The minimum absolute atomic E-state index is 0.382. The molecule has 0 saturated carbocycles. The third-order valence-electron chi connectivity index (χ3n) is 6.55. The molecule has 5 nitrogen and oxygen atoms in total. The molecule has 31 heavy (non-hydrogen) atoms. The number of hydrogen-bond donors (Lipinski definition) is 0. The highest BCUT2D eigenvalue weighted by atomic mass is 16.7. The lowest BCUT2D eigenvalue weighted by Gasteiger charge is -2.32. The number of hydrogen-bond acceptors (Lipinski definition) is 5. The van der Waals surface area contributed by atoms with E-state index < -0.39 is 7.12 Å². The standard InChI is InChI=1S/C25H22BNO4/c1-24(2)25(3,4)31-26(30-24)16-10-11-17-18-13-19-22(14-21(18)28-20(17)12-16)29-23(27-19)15-8-6-5-7-9-15/h5-14H,1-4H3. The van der Waals surface area contributed by atoms with Crippen molar-refractivity contribution in [1.82, 2.24) is 4.98 Å². The molecule has 3 heterocycles. The molecule has 154 valence electrons. The number of oxazole rings is 1. The van der Waals surface area contributed by atoms with Crippen molar-refractivity contribution in [2.75, 3.05) is 0 Å². The predicted octanol–water partition coefficient (Wildman–Crippen LogP) is 5.69. The third-order valence-corrected chi connectivity index (χ3v) is 6.55. The van der Waals surface area contributed by atoms with Crippen LogP contribution in [-0.4, -0.2) is 23.3 Å². The number of furan rings is 1. The van der Waals surface area contributed by atoms with E-state index in [-0.39, 0.29) is 11.2 Å². The summed E-state index contributed by atoms with van der Waals surface area (Å²) < 4.78 is 24.6. The molecule has 1 aliphatic heterocycles. The molecule has 0 radical (unpaired) electrons. The molecular weight excluding hydrogens is 389 g/mol. The summed E-state index contributed by atoms with van der Waals surface area (Å²) in [5.74, 6) is 0.607. The summed E-state index contributed by atoms with van der Waals surface area (Å²) in [6.07, 6.45) is 0. The van der Waals surface area contributed by atoms with Crippen molar-refractivity contribution in [3.63, 3.8) is 0 Å². The van der Waals surface area contributed by atoms with Crippen LogP contribution in [0.25, 0.3) is 44.5 Å².